The second-order valence-corrected chi connectivity index (χ2v) is 3.61. The molecule has 3 nitrogen and oxygen atoms in total. The Hall–Kier alpha value is -1.95. The monoisotopic (exact) mass is 216 g/mol. The van der Waals surface area contributed by atoms with E-state index in [9.17, 15) is 4.79 Å². The maximum atomic E-state index is 10.6. The topological polar surface area (TPSA) is 55.1 Å². The van der Waals surface area contributed by atoms with Crippen LogP contribution < -0.4 is 11.1 Å². The van der Waals surface area contributed by atoms with Crippen LogP contribution >= 0.6 is 0 Å². The van der Waals surface area contributed by atoms with Gasteiger partial charge in [-0.15, -0.1) is 0 Å². The molecule has 0 aromatic heterocycles. The van der Waals surface area contributed by atoms with Crippen molar-refractivity contribution in [2.75, 3.05) is 12.3 Å². The first-order chi connectivity index (χ1) is 7.59. The molecule has 0 atom stereocenters. The largest absolute Gasteiger partial charge is 0.399 e. The first-order valence-corrected chi connectivity index (χ1v) is 5.19. The molecule has 1 amide bonds. The zero-order valence-corrected chi connectivity index (χ0v) is 9.63. The van der Waals surface area contributed by atoms with E-state index in [1.807, 2.05) is 25.1 Å². The van der Waals surface area contributed by atoms with Crippen molar-refractivity contribution in [3.8, 4) is 11.8 Å². The number of carbonyl (C=O) groups is 1. The number of hydrogen-bond donors (Lipinski definition) is 2. The summed E-state index contributed by atoms with van der Waals surface area (Å²) in [7, 11) is 0. The van der Waals surface area contributed by atoms with Crippen molar-refractivity contribution >= 4 is 11.6 Å². The molecule has 3 heteroatoms. The van der Waals surface area contributed by atoms with Crippen molar-refractivity contribution in [3.63, 3.8) is 0 Å². The fourth-order valence-corrected chi connectivity index (χ4v) is 1.22. The predicted molar refractivity (Wildman–Crippen MR) is 65.8 cm³/mol. The summed E-state index contributed by atoms with van der Waals surface area (Å²) in [6, 6.07) is 5.71. The normalized spacial score (nSPS) is 9.12. The number of anilines is 1. The highest BCUT2D eigenvalue weighted by Gasteiger charge is 1.93. The Bertz CT molecular complexity index is 441. The van der Waals surface area contributed by atoms with E-state index >= 15 is 0 Å². The lowest BCUT2D eigenvalue weighted by atomic mass is 10.1. The van der Waals surface area contributed by atoms with Gasteiger partial charge in [0.2, 0.25) is 5.91 Å². The van der Waals surface area contributed by atoms with Crippen LogP contribution in [0.2, 0.25) is 0 Å². The first-order valence-electron chi connectivity index (χ1n) is 5.19. The number of hydrogen-bond acceptors (Lipinski definition) is 2. The Morgan fingerprint density at radius 3 is 2.88 bits per heavy atom. The Morgan fingerprint density at radius 2 is 2.25 bits per heavy atom. The van der Waals surface area contributed by atoms with Gasteiger partial charge in [0, 0.05) is 31.1 Å². The summed E-state index contributed by atoms with van der Waals surface area (Å²) in [6.07, 6.45) is 0.656. The van der Waals surface area contributed by atoms with Gasteiger partial charge < -0.3 is 11.1 Å². The van der Waals surface area contributed by atoms with Gasteiger partial charge >= 0.3 is 0 Å². The van der Waals surface area contributed by atoms with E-state index in [2.05, 4.69) is 17.2 Å². The molecule has 0 radical (unpaired) electrons. The fourth-order valence-electron chi connectivity index (χ4n) is 1.22. The molecule has 0 heterocycles. The molecule has 0 fully saturated rings. The molecule has 0 saturated carbocycles. The molecule has 0 aliphatic heterocycles. The van der Waals surface area contributed by atoms with Crippen LogP contribution in [-0.2, 0) is 4.79 Å². The van der Waals surface area contributed by atoms with Crippen LogP contribution in [0.25, 0.3) is 0 Å². The van der Waals surface area contributed by atoms with Crippen molar-refractivity contribution in [2.24, 2.45) is 0 Å². The maximum Gasteiger partial charge on any atom is 0.216 e. The average Bonchev–Trinajstić information content (AvgIpc) is 2.22. The van der Waals surface area contributed by atoms with Crippen molar-refractivity contribution in [3.05, 3.63) is 29.3 Å². The van der Waals surface area contributed by atoms with Crippen molar-refractivity contribution < 1.29 is 4.79 Å². The second-order valence-electron chi connectivity index (χ2n) is 3.61. The molecule has 3 N–H and O–H groups in total. The third-order valence-electron chi connectivity index (χ3n) is 2.13. The average molecular weight is 216 g/mol. The molecule has 0 bridgehead atoms. The van der Waals surface area contributed by atoms with Gasteiger partial charge in [0.25, 0.3) is 0 Å². The van der Waals surface area contributed by atoms with Crippen molar-refractivity contribution in [1.82, 2.24) is 5.32 Å². The van der Waals surface area contributed by atoms with Crippen LogP contribution in [-0.4, -0.2) is 12.5 Å². The van der Waals surface area contributed by atoms with Gasteiger partial charge in [-0.1, -0.05) is 11.8 Å². The Labute approximate surface area is 96.0 Å². The van der Waals surface area contributed by atoms with Crippen molar-refractivity contribution in [2.45, 2.75) is 20.3 Å². The number of rotatable bonds is 2. The standard InChI is InChI=1S/C13H16N2O/c1-10-9-12(6-7-13(10)14)5-3-4-8-15-11(2)16/h6-7,9H,4,8,14H2,1-2H3,(H,15,16). The van der Waals surface area contributed by atoms with E-state index in [4.69, 9.17) is 5.73 Å². The highest BCUT2D eigenvalue weighted by molar-refractivity contribution is 5.72. The van der Waals surface area contributed by atoms with Crippen LogP contribution in [0, 0.1) is 18.8 Å². The van der Waals surface area contributed by atoms with Crippen LogP contribution in [0.4, 0.5) is 5.69 Å². The molecule has 1 aromatic rings. The van der Waals surface area contributed by atoms with E-state index in [0.29, 0.717) is 13.0 Å². The lowest BCUT2D eigenvalue weighted by Crippen LogP contribution is -2.20. The first kappa shape index (κ1) is 12.1. The van der Waals surface area contributed by atoms with E-state index in [1.165, 1.54) is 6.92 Å². The molecule has 0 aliphatic carbocycles. The van der Waals surface area contributed by atoms with Gasteiger partial charge in [0.1, 0.15) is 0 Å². The zero-order valence-electron chi connectivity index (χ0n) is 9.63. The summed E-state index contributed by atoms with van der Waals surface area (Å²) in [5, 5.41) is 2.69. The molecule has 0 spiro atoms. The quantitative estimate of drug-likeness (QED) is 0.446. The maximum absolute atomic E-state index is 10.6. The third-order valence-corrected chi connectivity index (χ3v) is 2.13. The third kappa shape index (κ3) is 4.05. The van der Waals surface area contributed by atoms with E-state index in [-0.39, 0.29) is 5.91 Å². The molecule has 1 rings (SSSR count). The molecular formula is C13H16N2O. The Balaban J connectivity index is 2.50. The van der Waals surface area contributed by atoms with E-state index in [1.54, 1.807) is 0 Å². The van der Waals surface area contributed by atoms with Gasteiger partial charge in [0.15, 0.2) is 0 Å². The second kappa shape index (κ2) is 5.82. The minimum atomic E-state index is -0.0230. The molecule has 0 aliphatic rings. The lowest BCUT2D eigenvalue weighted by molar-refractivity contribution is -0.118. The number of amides is 1. The van der Waals surface area contributed by atoms with Gasteiger partial charge in [-0.25, -0.2) is 0 Å². The summed E-state index contributed by atoms with van der Waals surface area (Å²) < 4.78 is 0. The minimum Gasteiger partial charge on any atom is -0.399 e. The van der Waals surface area contributed by atoms with Crippen molar-refractivity contribution in [1.29, 1.82) is 0 Å². The molecular weight excluding hydrogens is 200 g/mol. The molecule has 0 unspecified atom stereocenters. The summed E-state index contributed by atoms with van der Waals surface area (Å²) in [5.74, 6) is 6.00. The predicted octanol–water partition coefficient (Wildman–Crippen LogP) is 1.45. The lowest BCUT2D eigenvalue weighted by Gasteiger charge is -1.99. The molecule has 0 saturated heterocycles. The highest BCUT2D eigenvalue weighted by atomic mass is 16.1. The number of nitrogens with two attached hydrogens (primary N) is 1. The highest BCUT2D eigenvalue weighted by Crippen LogP contribution is 2.11. The number of nitrogen functional groups attached to an aromatic ring is 1. The van der Waals surface area contributed by atoms with Crippen LogP contribution in [0.3, 0.4) is 0 Å². The smallest absolute Gasteiger partial charge is 0.216 e. The SMILES string of the molecule is CC(=O)NCCC#Cc1ccc(N)c(C)c1. The van der Waals surface area contributed by atoms with Gasteiger partial charge in [-0.3, -0.25) is 4.79 Å². The number of carbonyl (C=O) groups excluding carboxylic acids is 1. The summed E-state index contributed by atoms with van der Waals surface area (Å²) in [5.41, 5.74) is 8.47. The van der Waals surface area contributed by atoms with Gasteiger partial charge in [-0.2, -0.15) is 0 Å². The van der Waals surface area contributed by atoms with Crippen LogP contribution in [0.1, 0.15) is 24.5 Å². The molecule has 1 aromatic carbocycles. The molecule has 16 heavy (non-hydrogen) atoms. The van der Waals surface area contributed by atoms with E-state index < -0.39 is 0 Å². The number of aryl methyl sites for hydroxylation is 1. The summed E-state index contributed by atoms with van der Waals surface area (Å²) in [4.78, 5) is 10.6. The zero-order chi connectivity index (χ0) is 12.0. The summed E-state index contributed by atoms with van der Waals surface area (Å²) >= 11 is 0. The minimum absolute atomic E-state index is 0.0230. The summed E-state index contributed by atoms with van der Waals surface area (Å²) in [6.45, 7) is 4.05. The van der Waals surface area contributed by atoms with Crippen LogP contribution in [0.15, 0.2) is 18.2 Å². The van der Waals surface area contributed by atoms with Gasteiger partial charge in [0.05, 0.1) is 0 Å². The Morgan fingerprint density at radius 1 is 1.50 bits per heavy atom. The van der Waals surface area contributed by atoms with E-state index in [0.717, 1.165) is 16.8 Å². The fraction of sp³-hybridized carbons (Fsp3) is 0.308. The Kier molecular flexibility index (Phi) is 4.41. The number of nitrogens with one attached hydrogen (secondary N) is 1. The molecule has 84 valence electrons. The van der Waals surface area contributed by atoms with Gasteiger partial charge in [-0.05, 0) is 30.7 Å². The number of benzene rings is 1. The van der Waals surface area contributed by atoms with Crippen LogP contribution in [0.5, 0.6) is 0 Å².